The molecule has 6 nitrogen and oxygen atoms in total. The van der Waals surface area contributed by atoms with Gasteiger partial charge < -0.3 is 4.98 Å². The van der Waals surface area contributed by atoms with Crippen molar-refractivity contribution in [2.45, 2.75) is 36.7 Å². The molecule has 2 heterocycles. The zero-order chi connectivity index (χ0) is 19.3. The topological polar surface area (TPSA) is 80.6 Å². The number of aromatic nitrogens is 4. The third-order valence-corrected chi connectivity index (χ3v) is 5.98. The summed E-state index contributed by atoms with van der Waals surface area (Å²) < 4.78 is 1.80. The number of benzene rings is 2. The summed E-state index contributed by atoms with van der Waals surface area (Å²) in [7, 11) is 0. The van der Waals surface area contributed by atoms with Crippen molar-refractivity contribution in [3.63, 3.8) is 0 Å². The molecule has 28 heavy (non-hydrogen) atoms. The maximum atomic E-state index is 13.0. The van der Waals surface area contributed by atoms with Crippen molar-refractivity contribution >= 4 is 33.6 Å². The molecule has 5 rings (SSSR count). The Morgan fingerprint density at radius 2 is 1.86 bits per heavy atom. The summed E-state index contributed by atoms with van der Waals surface area (Å²) >= 11 is 1.44. The number of fused-ring (bicyclic) bond motifs is 2. The summed E-state index contributed by atoms with van der Waals surface area (Å²) in [4.78, 5) is 37.6. The number of nitrogens with one attached hydrogen (secondary N) is 1. The first kappa shape index (κ1) is 17.2. The lowest BCUT2D eigenvalue weighted by Crippen LogP contribution is -2.22. The van der Waals surface area contributed by atoms with Crippen LogP contribution < -0.4 is 11.1 Å². The fourth-order valence-electron chi connectivity index (χ4n) is 3.44. The van der Waals surface area contributed by atoms with E-state index >= 15 is 0 Å². The Kier molecular flexibility index (Phi) is 4.05. The van der Waals surface area contributed by atoms with Crippen molar-refractivity contribution in [2.75, 3.05) is 0 Å². The minimum absolute atomic E-state index is 0.00593. The Hall–Kier alpha value is -2.93. The van der Waals surface area contributed by atoms with E-state index in [-0.39, 0.29) is 17.2 Å². The second kappa shape index (κ2) is 6.60. The number of para-hydroxylation sites is 2. The van der Waals surface area contributed by atoms with Gasteiger partial charge in [-0.05, 0) is 43.5 Å². The van der Waals surface area contributed by atoms with Gasteiger partial charge in [0.05, 0.1) is 27.6 Å². The van der Waals surface area contributed by atoms with Gasteiger partial charge in [-0.1, -0.05) is 36.0 Å². The van der Waals surface area contributed by atoms with Crippen LogP contribution in [0.15, 0.2) is 57.2 Å². The number of thioether (sulfide) groups is 1. The monoisotopic (exact) mass is 390 g/mol. The molecule has 0 amide bonds. The van der Waals surface area contributed by atoms with Gasteiger partial charge in [0, 0.05) is 6.04 Å². The molecule has 7 heteroatoms. The van der Waals surface area contributed by atoms with E-state index < -0.39 is 0 Å². The van der Waals surface area contributed by atoms with Crippen LogP contribution in [0.4, 0.5) is 0 Å². The van der Waals surface area contributed by atoms with Gasteiger partial charge in [0.1, 0.15) is 5.82 Å². The van der Waals surface area contributed by atoms with Crippen LogP contribution in [0.5, 0.6) is 0 Å². The molecular weight excluding hydrogens is 372 g/mol. The average molecular weight is 390 g/mol. The highest BCUT2D eigenvalue weighted by molar-refractivity contribution is 7.98. The van der Waals surface area contributed by atoms with E-state index in [0.29, 0.717) is 38.5 Å². The largest absolute Gasteiger partial charge is 0.309 e. The Morgan fingerprint density at radius 3 is 2.68 bits per heavy atom. The van der Waals surface area contributed by atoms with Crippen molar-refractivity contribution in [1.29, 1.82) is 0 Å². The minimum Gasteiger partial charge on any atom is -0.309 e. The standard InChI is InChI=1S/C21H18N4O2S/c1-12-5-4-7-15-18(12)23-17(24-19(15)26)11-28-21-22-16-8-3-2-6-14(16)20(27)25(21)13-9-10-13/h2-8,13H,9-11H2,1H3,(H,23,24,26). The molecule has 0 atom stereocenters. The van der Waals surface area contributed by atoms with E-state index in [0.717, 1.165) is 18.4 Å². The van der Waals surface area contributed by atoms with Crippen LogP contribution in [0.1, 0.15) is 30.3 Å². The molecule has 1 saturated carbocycles. The average Bonchev–Trinajstić information content (AvgIpc) is 3.52. The third-order valence-electron chi connectivity index (χ3n) is 5.01. The summed E-state index contributed by atoms with van der Waals surface area (Å²) in [5.41, 5.74) is 2.24. The van der Waals surface area contributed by atoms with E-state index in [2.05, 4.69) is 9.97 Å². The highest BCUT2D eigenvalue weighted by atomic mass is 32.2. The molecule has 1 aliphatic carbocycles. The fourth-order valence-corrected chi connectivity index (χ4v) is 4.37. The van der Waals surface area contributed by atoms with Crippen molar-refractivity contribution in [1.82, 2.24) is 19.5 Å². The summed E-state index contributed by atoms with van der Waals surface area (Å²) in [6.45, 7) is 1.95. The van der Waals surface area contributed by atoms with Gasteiger partial charge in [-0.3, -0.25) is 14.2 Å². The Morgan fingerprint density at radius 1 is 1.07 bits per heavy atom. The zero-order valence-corrected chi connectivity index (χ0v) is 16.1. The van der Waals surface area contributed by atoms with Crippen molar-refractivity contribution in [3.8, 4) is 0 Å². The number of nitrogens with zero attached hydrogens (tertiary/aromatic N) is 3. The molecule has 0 spiro atoms. The third kappa shape index (κ3) is 2.92. The SMILES string of the molecule is Cc1cccc2c(=O)[nH]c(CSc3nc4ccccc4c(=O)n3C3CC3)nc12. The van der Waals surface area contributed by atoms with Crippen LogP contribution >= 0.6 is 11.8 Å². The molecule has 1 N–H and O–H groups in total. The van der Waals surface area contributed by atoms with Crippen molar-refractivity contribution in [3.05, 3.63) is 74.6 Å². The molecule has 2 aromatic heterocycles. The second-order valence-corrected chi connectivity index (χ2v) is 8.03. The predicted octanol–water partition coefficient (Wildman–Crippen LogP) is 3.57. The van der Waals surface area contributed by atoms with E-state index in [1.807, 2.05) is 43.3 Å². The maximum absolute atomic E-state index is 13.0. The molecule has 1 fully saturated rings. The van der Waals surface area contributed by atoms with Gasteiger partial charge in [-0.2, -0.15) is 0 Å². The number of hydrogen-bond donors (Lipinski definition) is 1. The number of hydrogen-bond acceptors (Lipinski definition) is 5. The van der Waals surface area contributed by atoms with Crippen LogP contribution in [0.25, 0.3) is 21.8 Å². The first-order chi connectivity index (χ1) is 13.6. The van der Waals surface area contributed by atoms with Gasteiger partial charge in [-0.25, -0.2) is 9.97 Å². The van der Waals surface area contributed by atoms with Crippen LogP contribution in [0.3, 0.4) is 0 Å². The number of rotatable bonds is 4. The van der Waals surface area contributed by atoms with Crippen LogP contribution in [-0.4, -0.2) is 19.5 Å². The van der Waals surface area contributed by atoms with Crippen molar-refractivity contribution < 1.29 is 0 Å². The normalized spacial score (nSPS) is 14.0. The molecule has 4 aromatic rings. The molecule has 140 valence electrons. The van der Waals surface area contributed by atoms with Crippen LogP contribution in [-0.2, 0) is 5.75 Å². The quantitative estimate of drug-likeness (QED) is 0.426. The van der Waals surface area contributed by atoms with Gasteiger partial charge >= 0.3 is 0 Å². The first-order valence-electron chi connectivity index (χ1n) is 9.24. The highest BCUT2D eigenvalue weighted by Crippen LogP contribution is 2.37. The van der Waals surface area contributed by atoms with Gasteiger partial charge in [0.15, 0.2) is 5.16 Å². The first-order valence-corrected chi connectivity index (χ1v) is 10.2. The maximum Gasteiger partial charge on any atom is 0.262 e. The fraction of sp³-hybridized carbons (Fsp3) is 0.238. The molecule has 0 unspecified atom stereocenters. The van der Waals surface area contributed by atoms with E-state index in [9.17, 15) is 9.59 Å². The Bertz CT molecular complexity index is 1340. The van der Waals surface area contributed by atoms with E-state index in [4.69, 9.17) is 4.98 Å². The molecule has 0 aliphatic heterocycles. The molecule has 1 aliphatic rings. The lowest BCUT2D eigenvalue weighted by atomic mass is 10.1. The molecule has 0 radical (unpaired) electrons. The van der Waals surface area contributed by atoms with Crippen LogP contribution in [0, 0.1) is 6.92 Å². The molecule has 0 saturated heterocycles. The van der Waals surface area contributed by atoms with Gasteiger partial charge in [-0.15, -0.1) is 0 Å². The number of H-pyrrole nitrogens is 1. The molecular formula is C21H18N4O2S. The number of aryl methyl sites for hydroxylation is 1. The van der Waals surface area contributed by atoms with Gasteiger partial charge in [0.25, 0.3) is 11.1 Å². The van der Waals surface area contributed by atoms with E-state index in [1.54, 1.807) is 10.6 Å². The van der Waals surface area contributed by atoms with Crippen molar-refractivity contribution in [2.24, 2.45) is 0 Å². The van der Waals surface area contributed by atoms with E-state index in [1.165, 1.54) is 11.8 Å². The Labute approximate surface area is 164 Å². The van der Waals surface area contributed by atoms with Gasteiger partial charge in [0.2, 0.25) is 0 Å². The number of aromatic amines is 1. The molecule has 2 aromatic carbocycles. The van der Waals surface area contributed by atoms with Crippen LogP contribution in [0.2, 0.25) is 0 Å². The summed E-state index contributed by atoms with van der Waals surface area (Å²) in [6, 6.07) is 13.2. The Balaban J connectivity index is 1.55. The zero-order valence-electron chi connectivity index (χ0n) is 15.3. The highest BCUT2D eigenvalue weighted by Gasteiger charge is 2.28. The summed E-state index contributed by atoms with van der Waals surface area (Å²) in [5, 5.41) is 1.91. The lowest BCUT2D eigenvalue weighted by molar-refractivity contribution is 0.617. The summed E-state index contributed by atoms with van der Waals surface area (Å²) in [5.74, 6) is 1.03. The smallest absolute Gasteiger partial charge is 0.262 e. The lowest BCUT2D eigenvalue weighted by Gasteiger charge is -2.12. The second-order valence-electron chi connectivity index (χ2n) is 7.09. The predicted molar refractivity (Wildman–Crippen MR) is 111 cm³/mol. The summed E-state index contributed by atoms with van der Waals surface area (Å²) in [6.07, 6.45) is 2.00. The molecule has 0 bridgehead atoms. The minimum atomic E-state index is -0.143.